The molecule has 15 heteroatoms. The third-order valence-corrected chi connectivity index (χ3v) is 14.2. The third-order valence-electron chi connectivity index (χ3n) is 14.2. The molecule has 5 N–H and O–H groups in total. The maximum absolute atomic E-state index is 14.1. The summed E-state index contributed by atoms with van der Waals surface area (Å²) in [5, 5.41) is 35.3. The Balaban J connectivity index is 2.01. The lowest BCUT2D eigenvalue weighted by atomic mass is 9.72. The minimum atomic E-state index is -1.12. The molecule has 0 aromatic heterocycles. The van der Waals surface area contributed by atoms with Gasteiger partial charge in [0.2, 0.25) is 5.76 Å². The number of cyclic esters (lactones) is 1. The Morgan fingerprint density at radius 1 is 1.04 bits per heavy atom. The molecule has 3 aliphatic rings. The number of ether oxygens (including phenoxy) is 8. The van der Waals surface area contributed by atoms with E-state index in [4.69, 9.17) is 43.6 Å². The fourth-order valence-corrected chi connectivity index (χ4v) is 9.86. The number of carbonyl (C=O) groups is 3. The van der Waals surface area contributed by atoms with Crippen LogP contribution in [0.15, 0.2) is 59.4 Å². The number of primary amides is 1. The number of aliphatic hydroxyl groups excluding tert-OH is 3. The topological polar surface area (TPSA) is 212 Å². The van der Waals surface area contributed by atoms with Crippen LogP contribution in [0.1, 0.15) is 128 Å². The Bertz CT molecular complexity index is 1740. The van der Waals surface area contributed by atoms with Crippen LogP contribution in [0, 0.1) is 35.5 Å². The number of nitrogens with two attached hydrogens (primary N) is 1. The molecule has 0 saturated carbocycles. The Morgan fingerprint density at radius 2 is 1.73 bits per heavy atom. The van der Waals surface area contributed by atoms with Crippen LogP contribution in [0.5, 0.6) is 0 Å². The number of allylic oxidation sites excluding steroid dienone is 6. The summed E-state index contributed by atoms with van der Waals surface area (Å²) >= 11 is 0. The van der Waals surface area contributed by atoms with Crippen molar-refractivity contribution in [1.29, 1.82) is 0 Å². The number of carbonyl (C=O) groups excluding carboxylic acids is 3. The minimum Gasteiger partial charge on any atom is -0.490 e. The van der Waals surface area contributed by atoms with Gasteiger partial charge in [0.05, 0.1) is 49.3 Å². The number of esters is 2. The molecule has 0 aromatic rings. The molecule has 1 unspecified atom stereocenters. The van der Waals surface area contributed by atoms with Gasteiger partial charge in [0, 0.05) is 56.0 Å². The molecule has 1 amide bonds. The Kier molecular flexibility index (Phi) is 23.3. The number of unbranched alkanes of at least 4 members (excludes halogenated alkanes) is 1. The lowest BCUT2D eigenvalue weighted by molar-refractivity contribution is -0.291. The molecule has 0 spiro atoms. The van der Waals surface area contributed by atoms with Gasteiger partial charge in [-0.25, -0.2) is 9.59 Å². The van der Waals surface area contributed by atoms with Crippen molar-refractivity contribution in [1.82, 2.24) is 0 Å². The second-order valence-corrected chi connectivity index (χ2v) is 19.5. The van der Waals surface area contributed by atoms with E-state index in [1.165, 1.54) is 14.2 Å². The predicted molar refractivity (Wildman–Crippen MR) is 255 cm³/mol. The average molecular weight is 948 g/mol. The zero-order chi connectivity index (χ0) is 50.3. The summed E-state index contributed by atoms with van der Waals surface area (Å²) in [6.45, 7) is 22.8. The van der Waals surface area contributed by atoms with Gasteiger partial charge in [0.1, 0.15) is 18.3 Å². The highest BCUT2D eigenvalue weighted by Crippen LogP contribution is 2.44. The number of aliphatic hydroxyl groups is 3. The smallest absolute Gasteiger partial charge is 0.404 e. The molecule has 382 valence electrons. The second kappa shape index (κ2) is 27.0. The molecule has 2 fully saturated rings. The van der Waals surface area contributed by atoms with Crippen molar-refractivity contribution in [2.45, 2.75) is 201 Å². The van der Waals surface area contributed by atoms with E-state index in [2.05, 4.69) is 0 Å². The molecule has 3 heterocycles. The quantitative estimate of drug-likeness (QED) is 0.0702. The minimum absolute atomic E-state index is 0.0814. The fraction of sp³-hybridized carbons (Fsp3) is 0.750. The lowest BCUT2D eigenvalue weighted by Crippen LogP contribution is -2.58. The molecule has 0 bridgehead atoms. The van der Waals surface area contributed by atoms with Gasteiger partial charge in [0.15, 0.2) is 12.4 Å². The summed E-state index contributed by atoms with van der Waals surface area (Å²) in [5.41, 5.74) is 6.04. The Labute approximate surface area is 400 Å². The van der Waals surface area contributed by atoms with E-state index in [1.807, 2.05) is 92.7 Å². The first-order valence-electron chi connectivity index (χ1n) is 24.4. The monoisotopic (exact) mass is 948 g/mol. The van der Waals surface area contributed by atoms with Gasteiger partial charge in [-0.2, -0.15) is 0 Å². The van der Waals surface area contributed by atoms with Gasteiger partial charge in [-0.15, -0.1) is 0 Å². The number of methoxy groups -OCH3 is 2. The highest BCUT2D eigenvalue weighted by atomic mass is 16.7. The highest BCUT2D eigenvalue weighted by molar-refractivity contribution is 5.87. The normalized spacial score (nSPS) is 39.4. The zero-order valence-corrected chi connectivity index (χ0v) is 42.7. The van der Waals surface area contributed by atoms with Gasteiger partial charge in [0.25, 0.3) is 0 Å². The van der Waals surface area contributed by atoms with Crippen LogP contribution in [0.2, 0.25) is 0 Å². The SMILES string of the molecule is C/C=C/[C@H]1O[C@@](C)([C@@H](C)[C@H](O)[C@H](C)[C@H]2OC(=O)/C(OC)=C/C(C)=C/[C@@H](C)[C@@H](O)C(CC)[C@@H](O)[C@H](C)C/C(C)=C/C=C/[C@@H]2OC)C[C@@H](O[C@@H]2C[C@H](OC(=O)CCCC)[C@@H](OC(N)=O)[C@H](C)O2)[C@@H]1C. The number of amides is 1. The molecule has 2 saturated heterocycles. The molecule has 0 aliphatic carbocycles. The Hall–Kier alpha value is -3.57. The molecule has 3 rings (SSSR count). The summed E-state index contributed by atoms with van der Waals surface area (Å²) in [6.07, 6.45) is 6.23. The summed E-state index contributed by atoms with van der Waals surface area (Å²) < 4.78 is 49.0. The van der Waals surface area contributed by atoms with Crippen molar-refractivity contribution in [3.05, 3.63) is 59.4 Å². The summed E-state index contributed by atoms with van der Waals surface area (Å²) in [4.78, 5) is 38.8. The van der Waals surface area contributed by atoms with Crippen molar-refractivity contribution in [3.8, 4) is 0 Å². The van der Waals surface area contributed by atoms with E-state index in [0.717, 1.165) is 12.0 Å². The third kappa shape index (κ3) is 16.0. The molecule has 3 aliphatic heterocycles. The van der Waals surface area contributed by atoms with E-state index >= 15 is 0 Å². The maximum Gasteiger partial charge on any atom is 0.404 e. The van der Waals surface area contributed by atoms with Crippen LogP contribution in [-0.2, 0) is 47.5 Å². The molecule has 18 atom stereocenters. The van der Waals surface area contributed by atoms with Crippen LogP contribution >= 0.6 is 0 Å². The van der Waals surface area contributed by atoms with E-state index in [-0.39, 0.29) is 42.3 Å². The number of hydrogen-bond acceptors (Lipinski definition) is 14. The van der Waals surface area contributed by atoms with Gasteiger partial charge in [-0.3, -0.25) is 4.79 Å². The standard InChI is InChI=1S/C52H85NO14/c1-15-18-23-43(54)63-40-27-44(62-36(11)49(40)66-51(53)59)64-42-28-52(12,67-38(20-16-2)33(42)8)35(10)47(57)34(9)48-39(60-13)22-19-21-29(4)24-31(6)45(55)37(17-3)46(56)32(7)25-30(5)26-41(61-14)50(58)65-48/h16,19-22,25-26,31-40,42,44-49,55-57H,15,17-18,23-24,27-28H2,1-14H3,(H2,53,59)/b20-16+,22-19+,29-21+,30-25+,41-26-/t31-,32-,33-,34+,35+,36+,37?,38-,39+,40+,42-,44-,45+,46-,47-,48-,49+,52-/m1/s1. The molecule has 67 heavy (non-hydrogen) atoms. The van der Waals surface area contributed by atoms with Gasteiger partial charge in [-0.1, -0.05) is 102 Å². The van der Waals surface area contributed by atoms with E-state index in [9.17, 15) is 29.7 Å². The Morgan fingerprint density at radius 3 is 2.33 bits per heavy atom. The van der Waals surface area contributed by atoms with Crippen molar-refractivity contribution in [2.24, 2.45) is 41.2 Å². The summed E-state index contributed by atoms with van der Waals surface area (Å²) in [6, 6.07) is 0. The predicted octanol–water partition coefficient (Wildman–Crippen LogP) is 7.80. The lowest BCUT2D eigenvalue weighted by Gasteiger charge is -2.51. The van der Waals surface area contributed by atoms with Crippen LogP contribution in [0.4, 0.5) is 4.79 Å². The molecule has 15 nitrogen and oxygen atoms in total. The van der Waals surface area contributed by atoms with Crippen molar-refractivity contribution >= 4 is 18.0 Å². The summed E-state index contributed by atoms with van der Waals surface area (Å²) in [5.74, 6) is -3.62. The van der Waals surface area contributed by atoms with Gasteiger partial charge < -0.3 is 58.9 Å². The van der Waals surface area contributed by atoms with Crippen LogP contribution in [0.25, 0.3) is 0 Å². The number of hydrogen-bond donors (Lipinski definition) is 4. The highest BCUT2D eigenvalue weighted by Gasteiger charge is 2.51. The van der Waals surface area contributed by atoms with Crippen LogP contribution in [0.3, 0.4) is 0 Å². The van der Waals surface area contributed by atoms with Crippen LogP contribution in [-0.4, -0.2) is 121 Å². The zero-order valence-electron chi connectivity index (χ0n) is 42.7. The van der Waals surface area contributed by atoms with E-state index in [0.29, 0.717) is 31.3 Å². The molecular formula is C52H85NO14. The average Bonchev–Trinajstić information content (AvgIpc) is 3.27. The van der Waals surface area contributed by atoms with E-state index in [1.54, 1.807) is 32.9 Å². The maximum atomic E-state index is 14.1. The van der Waals surface area contributed by atoms with Gasteiger partial charge >= 0.3 is 18.0 Å². The number of rotatable bonds is 15. The van der Waals surface area contributed by atoms with Crippen LogP contribution < -0.4 is 5.73 Å². The van der Waals surface area contributed by atoms with Crippen molar-refractivity contribution in [2.75, 3.05) is 14.2 Å². The van der Waals surface area contributed by atoms with Crippen molar-refractivity contribution in [3.63, 3.8) is 0 Å². The molecule has 0 aromatic carbocycles. The first kappa shape index (κ1) is 57.7. The largest absolute Gasteiger partial charge is 0.490 e. The first-order chi connectivity index (χ1) is 31.5. The fourth-order valence-electron chi connectivity index (χ4n) is 9.86. The molecule has 0 radical (unpaired) electrons. The summed E-state index contributed by atoms with van der Waals surface area (Å²) in [7, 11) is 2.89. The van der Waals surface area contributed by atoms with E-state index < -0.39 is 103 Å². The molecular weight excluding hydrogens is 863 g/mol. The second-order valence-electron chi connectivity index (χ2n) is 19.5. The first-order valence-corrected chi connectivity index (χ1v) is 24.4. The van der Waals surface area contributed by atoms with Gasteiger partial charge in [-0.05, 0) is 65.9 Å². The van der Waals surface area contributed by atoms with Crippen molar-refractivity contribution < 1.29 is 67.6 Å².